The number of hydrogen-bond donors (Lipinski definition) is 7. The maximum atomic E-state index is 13.8. The summed E-state index contributed by atoms with van der Waals surface area (Å²) in [6, 6.07) is 5.38. The van der Waals surface area contributed by atoms with E-state index in [1.165, 1.54) is 18.1 Å². The molecule has 0 unspecified atom stereocenters. The van der Waals surface area contributed by atoms with E-state index in [0.717, 1.165) is 16.5 Å². The quantitative estimate of drug-likeness (QED) is 0.191. The lowest BCUT2D eigenvalue weighted by Crippen LogP contribution is -2.58. The molecule has 3 aromatic rings. The van der Waals surface area contributed by atoms with Gasteiger partial charge in [0.1, 0.15) is 12.1 Å². The number of aliphatic hydroxyl groups excluding tert-OH is 1. The highest BCUT2D eigenvalue weighted by molar-refractivity contribution is 5.93. The number of carbonyl (C=O) groups excluding carboxylic acids is 2. The zero-order valence-electron chi connectivity index (χ0n) is 22.3. The Morgan fingerprint density at radius 1 is 1.25 bits per heavy atom. The van der Waals surface area contributed by atoms with Gasteiger partial charge in [0.15, 0.2) is 11.5 Å². The number of aromatic amines is 1. The number of nitrogens with zero attached hydrogens (tertiary/aromatic N) is 1. The third kappa shape index (κ3) is 5.68. The van der Waals surface area contributed by atoms with E-state index in [1.54, 1.807) is 13.1 Å². The summed E-state index contributed by atoms with van der Waals surface area (Å²) in [6.45, 7) is 1.17. The van der Waals surface area contributed by atoms with Gasteiger partial charge in [-0.2, -0.15) is 0 Å². The molecular formula is C28H34N4O8. The van der Waals surface area contributed by atoms with Gasteiger partial charge in [-0.05, 0) is 42.0 Å². The molecule has 0 aliphatic carbocycles. The zero-order valence-corrected chi connectivity index (χ0v) is 22.3. The van der Waals surface area contributed by atoms with Gasteiger partial charge in [0.2, 0.25) is 17.6 Å². The number of aliphatic hydroxyl groups is 1. The van der Waals surface area contributed by atoms with Crippen molar-refractivity contribution in [3.8, 4) is 17.2 Å². The summed E-state index contributed by atoms with van der Waals surface area (Å²) in [7, 11) is 1.28. The van der Waals surface area contributed by atoms with E-state index in [4.69, 9.17) is 10.5 Å². The van der Waals surface area contributed by atoms with E-state index >= 15 is 0 Å². The molecule has 4 rings (SSSR count). The van der Waals surface area contributed by atoms with Crippen LogP contribution >= 0.6 is 0 Å². The minimum absolute atomic E-state index is 0.0202. The van der Waals surface area contributed by atoms with Gasteiger partial charge in [0, 0.05) is 35.7 Å². The van der Waals surface area contributed by atoms with Crippen molar-refractivity contribution < 1.29 is 39.5 Å². The normalized spacial score (nSPS) is 17.1. The van der Waals surface area contributed by atoms with Crippen molar-refractivity contribution in [2.45, 2.75) is 50.9 Å². The summed E-state index contributed by atoms with van der Waals surface area (Å²) in [4.78, 5) is 43.5. The second kappa shape index (κ2) is 11.8. The Kier molecular flexibility index (Phi) is 8.50. The fourth-order valence-electron chi connectivity index (χ4n) is 5.16. The van der Waals surface area contributed by atoms with Crippen LogP contribution in [0.1, 0.15) is 30.0 Å². The van der Waals surface area contributed by atoms with Crippen molar-refractivity contribution >= 4 is 28.7 Å². The molecular weight excluding hydrogens is 520 g/mol. The molecule has 0 saturated heterocycles. The monoisotopic (exact) mass is 554 g/mol. The first kappa shape index (κ1) is 28.7. The molecule has 1 aliphatic heterocycles. The molecule has 0 spiro atoms. The first-order valence-corrected chi connectivity index (χ1v) is 12.9. The molecule has 12 heteroatoms. The second-order valence-electron chi connectivity index (χ2n) is 10.2. The molecule has 2 heterocycles. The van der Waals surface area contributed by atoms with Crippen LogP contribution in [-0.4, -0.2) is 79.9 Å². The van der Waals surface area contributed by atoms with Crippen molar-refractivity contribution in [3.63, 3.8) is 0 Å². The lowest BCUT2D eigenvalue weighted by molar-refractivity contribution is -0.146. The van der Waals surface area contributed by atoms with Crippen LogP contribution in [0.3, 0.4) is 0 Å². The number of aromatic nitrogens is 1. The fourth-order valence-corrected chi connectivity index (χ4v) is 5.16. The standard InChI is InChI=1S/C28H34N4O8/c1-14(13-33)7-21(28(38)39)31-26(36)22-9-15-10-23(34)25(40-2)24(35)18(15)12-32(22)27(37)19(29)8-16-11-30-20-6-4-3-5-17(16)20/h3-6,10-11,14,19,21-22,30,33-35H,7-9,12-13,29H2,1-2H3,(H,31,36)(H,38,39)/t14-,19+,21+,22+/m1/s1. The van der Waals surface area contributed by atoms with Crippen LogP contribution in [0, 0.1) is 5.92 Å². The molecule has 2 aromatic carbocycles. The number of para-hydroxylation sites is 1. The van der Waals surface area contributed by atoms with Gasteiger partial charge in [0.05, 0.1) is 19.7 Å². The number of rotatable bonds is 10. The molecule has 2 amide bonds. The minimum Gasteiger partial charge on any atom is -0.504 e. The molecule has 4 atom stereocenters. The number of H-pyrrole nitrogens is 1. The highest BCUT2D eigenvalue weighted by atomic mass is 16.5. The average molecular weight is 555 g/mol. The van der Waals surface area contributed by atoms with Crippen LogP contribution in [-0.2, 0) is 33.8 Å². The lowest BCUT2D eigenvalue weighted by atomic mass is 9.90. The summed E-state index contributed by atoms with van der Waals surface area (Å²) in [5, 5.41) is 43.5. The number of aliphatic carboxylic acids is 1. The average Bonchev–Trinajstić information content (AvgIpc) is 3.34. The Labute approximate surface area is 230 Å². The summed E-state index contributed by atoms with van der Waals surface area (Å²) >= 11 is 0. The number of carboxylic acids is 1. The lowest BCUT2D eigenvalue weighted by Gasteiger charge is -2.38. The largest absolute Gasteiger partial charge is 0.504 e. The summed E-state index contributed by atoms with van der Waals surface area (Å²) in [6.07, 6.45) is 1.80. The van der Waals surface area contributed by atoms with Crippen LogP contribution in [0.5, 0.6) is 17.2 Å². The first-order chi connectivity index (χ1) is 19.0. The molecule has 40 heavy (non-hydrogen) atoms. The fraction of sp³-hybridized carbons (Fsp3) is 0.393. The van der Waals surface area contributed by atoms with Crippen molar-refractivity contribution in [2.24, 2.45) is 11.7 Å². The molecule has 1 aromatic heterocycles. The Bertz CT molecular complexity index is 1420. The SMILES string of the molecule is COc1c(O)cc2c(c1O)CN(C(=O)[C@@H](N)Cc1c[nH]c3ccccc13)[C@H](C(=O)N[C@@H](C[C@@H](C)CO)C(=O)O)C2. The third-order valence-corrected chi connectivity index (χ3v) is 7.34. The Morgan fingerprint density at radius 2 is 1.98 bits per heavy atom. The number of methoxy groups -OCH3 is 1. The van der Waals surface area contributed by atoms with Crippen molar-refractivity contribution in [1.29, 1.82) is 0 Å². The maximum absolute atomic E-state index is 13.8. The van der Waals surface area contributed by atoms with Crippen LogP contribution in [0.15, 0.2) is 36.5 Å². The van der Waals surface area contributed by atoms with Crippen LogP contribution in [0.2, 0.25) is 0 Å². The number of carbonyl (C=O) groups is 3. The summed E-state index contributed by atoms with van der Waals surface area (Å²) in [5.41, 5.74) is 8.77. The number of carboxylic acid groups (broad SMARTS) is 1. The maximum Gasteiger partial charge on any atom is 0.326 e. The number of nitrogens with two attached hydrogens (primary N) is 1. The van der Waals surface area contributed by atoms with E-state index in [2.05, 4.69) is 10.3 Å². The summed E-state index contributed by atoms with van der Waals surface area (Å²) < 4.78 is 5.10. The first-order valence-electron chi connectivity index (χ1n) is 12.9. The molecule has 214 valence electrons. The van der Waals surface area contributed by atoms with E-state index in [9.17, 15) is 34.8 Å². The Balaban J connectivity index is 1.66. The van der Waals surface area contributed by atoms with Gasteiger partial charge in [-0.25, -0.2) is 4.79 Å². The number of phenols is 2. The topological polar surface area (TPSA) is 198 Å². The van der Waals surface area contributed by atoms with Gasteiger partial charge in [-0.15, -0.1) is 0 Å². The van der Waals surface area contributed by atoms with Gasteiger partial charge < -0.3 is 46.1 Å². The van der Waals surface area contributed by atoms with Gasteiger partial charge in [-0.1, -0.05) is 25.1 Å². The number of ether oxygens (including phenoxy) is 1. The van der Waals surface area contributed by atoms with E-state index in [0.29, 0.717) is 5.56 Å². The van der Waals surface area contributed by atoms with Crippen molar-refractivity contribution in [3.05, 3.63) is 53.2 Å². The van der Waals surface area contributed by atoms with Crippen LogP contribution < -0.4 is 15.8 Å². The molecule has 12 nitrogen and oxygen atoms in total. The number of phenolic OH excluding ortho intramolecular Hbond substituents is 2. The van der Waals surface area contributed by atoms with E-state index in [1.807, 2.05) is 24.3 Å². The molecule has 0 fully saturated rings. The smallest absolute Gasteiger partial charge is 0.326 e. The predicted molar refractivity (Wildman–Crippen MR) is 145 cm³/mol. The number of aromatic hydroxyl groups is 2. The number of amides is 2. The predicted octanol–water partition coefficient (Wildman–Crippen LogP) is 0.999. The van der Waals surface area contributed by atoms with Crippen LogP contribution in [0.4, 0.5) is 0 Å². The van der Waals surface area contributed by atoms with Gasteiger partial charge >= 0.3 is 5.97 Å². The molecule has 1 aliphatic rings. The van der Waals surface area contributed by atoms with E-state index in [-0.39, 0.29) is 55.2 Å². The Morgan fingerprint density at radius 3 is 2.65 bits per heavy atom. The minimum atomic E-state index is -1.30. The Hall–Kier alpha value is -4.29. The second-order valence-corrected chi connectivity index (χ2v) is 10.2. The van der Waals surface area contributed by atoms with Crippen LogP contribution in [0.25, 0.3) is 10.9 Å². The summed E-state index contributed by atoms with van der Waals surface area (Å²) in [5.74, 6) is -3.84. The van der Waals surface area contributed by atoms with E-state index < -0.39 is 41.8 Å². The van der Waals surface area contributed by atoms with Crippen molar-refractivity contribution in [2.75, 3.05) is 13.7 Å². The number of benzene rings is 2. The number of nitrogens with one attached hydrogen (secondary N) is 2. The van der Waals surface area contributed by atoms with Crippen molar-refractivity contribution in [1.82, 2.24) is 15.2 Å². The third-order valence-electron chi connectivity index (χ3n) is 7.34. The molecule has 8 N–H and O–H groups in total. The highest BCUT2D eigenvalue weighted by Crippen LogP contribution is 2.43. The highest BCUT2D eigenvalue weighted by Gasteiger charge is 2.40. The molecule has 0 radical (unpaired) electrons. The number of hydrogen-bond acceptors (Lipinski definition) is 8. The zero-order chi connectivity index (χ0) is 29.1. The van der Waals surface area contributed by atoms with Gasteiger partial charge in [0.25, 0.3) is 0 Å². The molecule has 0 saturated carbocycles. The number of fused-ring (bicyclic) bond motifs is 2. The van der Waals surface area contributed by atoms with Gasteiger partial charge in [-0.3, -0.25) is 9.59 Å². The molecule has 0 bridgehead atoms.